The summed E-state index contributed by atoms with van der Waals surface area (Å²) in [6, 6.07) is 0. The highest BCUT2D eigenvalue weighted by atomic mass is 16.7. The zero-order chi connectivity index (χ0) is 12.5. The maximum atomic E-state index is 9.09. The zero-order valence-corrected chi connectivity index (χ0v) is 10.9. The van der Waals surface area contributed by atoms with Gasteiger partial charge in [0, 0.05) is 25.0 Å². The van der Waals surface area contributed by atoms with Gasteiger partial charge in [-0.25, -0.2) is 0 Å². The molecular formula is C14H23NO3. The van der Waals surface area contributed by atoms with Gasteiger partial charge in [0.2, 0.25) is 0 Å². The van der Waals surface area contributed by atoms with Crippen LogP contribution in [0.25, 0.3) is 0 Å². The minimum absolute atomic E-state index is 0.196. The molecule has 2 aliphatic heterocycles. The van der Waals surface area contributed by atoms with E-state index >= 15 is 0 Å². The molecule has 0 aromatic heterocycles. The highest BCUT2D eigenvalue weighted by Crippen LogP contribution is 2.48. The largest absolute Gasteiger partial charge is 0.396 e. The van der Waals surface area contributed by atoms with Crippen molar-refractivity contribution in [3.8, 4) is 0 Å². The first-order chi connectivity index (χ1) is 8.79. The molecule has 0 unspecified atom stereocenters. The predicted octanol–water partition coefficient (Wildman–Crippen LogP) is 1.06. The third-order valence-corrected chi connectivity index (χ3v) is 4.71. The number of aliphatic hydroxyl groups excluding tert-OH is 1. The second-order valence-corrected chi connectivity index (χ2v) is 5.77. The molecule has 18 heavy (non-hydrogen) atoms. The lowest BCUT2D eigenvalue weighted by atomic mass is 9.63. The zero-order valence-electron chi connectivity index (χ0n) is 10.9. The van der Waals surface area contributed by atoms with Gasteiger partial charge in [0.1, 0.15) is 0 Å². The first-order valence-corrected chi connectivity index (χ1v) is 7.09. The Balaban J connectivity index is 1.81. The number of hydrogen-bond donors (Lipinski definition) is 2. The van der Waals surface area contributed by atoms with E-state index in [4.69, 9.17) is 14.6 Å². The standard InChI is InChI=1S/C14H23NO3/c16-7-1-3-13-4-5-14(17-8-9-18-14)10-12(13)2-6-15-11-13/h4-5,12,15-16H,1-3,6-11H2/t12-,13-/m0/s1. The van der Waals surface area contributed by atoms with Gasteiger partial charge in [-0.15, -0.1) is 0 Å². The summed E-state index contributed by atoms with van der Waals surface area (Å²) in [5, 5.41) is 12.6. The van der Waals surface area contributed by atoms with Crippen molar-refractivity contribution in [2.75, 3.05) is 32.9 Å². The molecule has 0 bridgehead atoms. The number of aliphatic hydroxyl groups is 1. The summed E-state index contributed by atoms with van der Waals surface area (Å²) < 4.78 is 11.6. The number of piperidine rings is 1. The first-order valence-electron chi connectivity index (χ1n) is 7.09. The van der Waals surface area contributed by atoms with Crippen molar-refractivity contribution < 1.29 is 14.6 Å². The van der Waals surface area contributed by atoms with Crippen molar-refractivity contribution in [1.82, 2.24) is 5.32 Å². The molecular weight excluding hydrogens is 230 g/mol. The summed E-state index contributed by atoms with van der Waals surface area (Å²) >= 11 is 0. The lowest BCUT2D eigenvalue weighted by molar-refractivity contribution is -0.148. The first kappa shape index (κ1) is 12.6. The van der Waals surface area contributed by atoms with Gasteiger partial charge in [0.15, 0.2) is 5.79 Å². The van der Waals surface area contributed by atoms with Crippen LogP contribution in [0.1, 0.15) is 25.7 Å². The fourth-order valence-corrected chi connectivity index (χ4v) is 3.70. The van der Waals surface area contributed by atoms with E-state index in [1.165, 1.54) is 6.42 Å². The van der Waals surface area contributed by atoms with Crippen LogP contribution in [0.4, 0.5) is 0 Å². The van der Waals surface area contributed by atoms with Crippen molar-refractivity contribution in [1.29, 1.82) is 0 Å². The molecule has 2 N–H and O–H groups in total. The van der Waals surface area contributed by atoms with Crippen LogP contribution in [0.5, 0.6) is 0 Å². The lowest BCUT2D eigenvalue weighted by Crippen LogP contribution is -2.51. The van der Waals surface area contributed by atoms with Crippen LogP contribution >= 0.6 is 0 Å². The highest BCUT2D eigenvalue weighted by Gasteiger charge is 2.48. The smallest absolute Gasteiger partial charge is 0.188 e. The third kappa shape index (κ3) is 2.11. The van der Waals surface area contributed by atoms with Gasteiger partial charge in [-0.1, -0.05) is 6.08 Å². The molecule has 0 aromatic carbocycles. The summed E-state index contributed by atoms with van der Waals surface area (Å²) in [5.74, 6) is 0.165. The molecule has 102 valence electrons. The van der Waals surface area contributed by atoms with Crippen molar-refractivity contribution in [2.45, 2.75) is 31.5 Å². The fraction of sp³-hybridized carbons (Fsp3) is 0.857. The summed E-state index contributed by atoms with van der Waals surface area (Å²) in [6.45, 7) is 3.79. The summed E-state index contributed by atoms with van der Waals surface area (Å²) in [7, 11) is 0. The third-order valence-electron chi connectivity index (χ3n) is 4.71. The number of nitrogens with one attached hydrogen (secondary N) is 1. The molecule has 2 atom stereocenters. The Kier molecular flexibility index (Phi) is 3.45. The maximum Gasteiger partial charge on any atom is 0.188 e. The quantitative estimate of drug-likeness (QED) is 0.738. The van der Waals surface area contributed by atoms with E-state index in [1.807, 2.05) is 0 Å². The van der Waals surface area contributed by atoms with E-state index in [1.54, 1.807) is 0 Å². The van der Waals surface area contributed by atoms with Gasteiger partial charge in [-0.3, -0.25) is 0 Å². The SMILES string of the molecule is OCCC[C@@]12C=CC3(C[C@@H]1CCNC2)OCCO3. The van der Waals surface area contributed by atoms with Gasteiger partial charge in [-0.2, -0.15) is 0 Å². The van der Waals surface area contributed by atoms with E-state index in [2.05, 4.69) is 17.5 Å². The van der Waals surface area contributed by atoms with Crippen LogP contribution in [0.15, 0.2) is 12.2 Å². The molecule has 1 aliphatic carbocycles. The van der Waals surface area contributed by atoms with Crippen LogP contribution in [0.2, 0.25) is 0 Å². The van der Waals surface area contributed by atoms with Gasteiger partial charge in [-0.05, 0) is 37.8 Å². The molecule has 3 aliphatic rings. The fourth-order valence-electron chi connectivity index (χ4n) is 3.70. The summed E-state index contributed by atoms with van der Waals surface area (Å²) in [4.78, 5) is 0. The maximum absolute atomic E-state index is 9.09. The van der Waals surface area contributed by atoms with Crippen LogP contribution in [-0.4, -0.2) is 43.8 Å². The molecule has 2 heterocycles. The second-order valence-electron chi connectivity index (χ2n) is 5.77. The molecule has 2 fully saturated rings. The Morgan fingerprint density at radius 2 is 2.11 bits per heavy atom. The Morgan fingerprint density at radius 1 is 1.28 bits per heavy atom. The molecule has 0 saturated carbocycles. The van der Waals surface area contributed by atoms with E-state index in [0.29, 0.717) is 19.1 Å². The van der Waals surface area contributed by atoms with E-state index in [9.17, 15) is 0 Å². The minimum atomic E-state index is -0.440. The van der Waals surface area contributed by atoms with Crippen molar-refractivity contribution in [3.05, 3.63) is 12.2 Å². The Labute approximate surface area is 108 Å². The predicted molar refractivity (Wildman–Crippen MR) is 68.1 cm³/mol. The molecule has 4 heteroatoms. The molecule has 3 rings (SSSR count). The summed E-state index contributed by atoms with van der Waals surface area (Å²) in [6.07, 6.45) is 8.49. The minimum Gasteiger partial charge on any atom is -0.396 e. The average Bonchev–Trinajstić information content (AvgIpc) is 2.85. The average molecular weight is 253 g/mol. The Bertz CT molecular complexity index is 325. The molecule has 0 amide bonds. The Hall–Kier alpha value is -0.420. The lowest BCUT2D eigenvalue weighted by Gasteiger charge is -2.48. The van der Waals surface area contributed by atoms with Crippen LogP contribution in [0.3, 0.4) is 0 Å². The van der Waals surface area contributed by atoms with E-state index in [0.717, 1.165) is 32.4 Å². The van der Waals surface area contributed by atoms with Gasteiger partial charge in [0.05, 0.1) is 13.2 Å². The number of ether oxygens (including phenoxy) is 2. The van der Waals surface area contributed by atoms with Crippen LogP contribution in [0, 0.1) is 11.3 Å². The molecule has 0 radical (unpaired) electrons. The van der Waals surface area contributed by atoms with Crippen molar-refractivity contribution >= 4 is 0 Å². The van der Waals surface area contributed by atoms with Gasteiger partial charge < -0.3 is 19.9 Å². The number of fused-ring (bicyclic) bond motifs is 1. The molecule has 4 nitrogen and oxygen atoms in total. The van der Waals surface area contributed by atoms with Gasteiger partial charge in [0.25, 0.3) is 0 Å². The molecule has 2 saturated heterocycles. The topological polar surface area (TPSA) is 50.7 Å². The van der Waals surface area contributed by atoms with Crippen molar-refractivity contribution in [2.24, 2.45) is 11.3 Å². The number of hydrogen-bond acceptors (Lipinski definition) is 4. The normalized spacial score (nSPS) is 37.9. The summed E-state index contributed by atoms with van der Waals surface area (Å²) in [5.41, 5.74) is 0.196. The van der Waals surface area contributed by atoms with Crippen LogP contribution < -0.4 is 5.32 Å². The molecule has 1 spiro atoms. The van der Waals surface area contributed by atoms with Crippen LogP contribution in [-0.2, 0) is 9.47 Å². The van der Waals surface area contributed by atoms with Crippen molar-refractivity contribution in [3.63, 3.8) is 0 Å². The highest BCUT2D eigenvalue weighted by molar-refractivity contribution is 5.16. The second kappa shape index (κ2) is 4.93. The van der Waals surface area contributed by atoms with Gasteiger partial charge >= 0.3 is 0 Å². The molecule has 0 aromatic rings. The van der Waals surface area contributed by atoms with E-state index < -0.39 is 5.79 Å². The number of rotatable bonds is 3. The van der Waals surface area contributed by atoms with E-state index in [-0.39, 0.29) is 12.0 Å². The Morgan fingerprint density at radius 3 is 2.89 bits per heavy atom. The monoisotopic (exact) mass is 253 g/mol.